The Morgan fingerprint density at radius 1 is 1.38 bits per heavy atom. The zero-order chi connectivity index (χ0) is 12.3. The van der Waals surface area contributed by atoms with Gasteiger partial charge in [-0.2, -0.15) is 0 Å². The molecule has 1 aromatic rings. The highest BCUT2D eigenvalue weighted by atomic mass is 79.9. The molecule has 90 valence electrons. The van der Waals surface area contributed by atoms with Crippen molar-refractivity contribution >= 4 is 15.9 Å². The second-order valence-corrected chi connectivity index (χ2v) is 4.76. The first kappa shape index (κ1) is 13.6. The predicted octanol–water partition coefficient (Wildman–Crippen LogP) is 4.03. The Morgan fingerprint density at radius 3 is 2.50 bits per heavy atom. The standard InChI is InChI=1S/C12H16BrF2N/c1-4-7(2)12(16-3)10-9(14)6-5-8(13)11(10)15/h5-7,12,16H,4H2,1-3H3. The molecule has 1 nitrogen and oxygen atoms in total. The molecule has 1 rings (SSSR count). The molecule has 0 aliphatic carbocycles. The van der Waals surface area contributed by atoms with Gasteiger partial charge in [0.05, 0.1) is 4.47 Å². The number of hydrogen-bond acceptors (Lipinski definition) is 1. The summed E-state index contributed by atoms with van der Waals surface area (Å²) in [5.74, 6) is -0.844. The third-order valence-corrected chi connectivity index (χ3v) is 3.53. The van der Waals surface area contributed by atoms with Crippen molar-refractivity contribution in [1.29, 1.82) is 0 Å². The van der Waals surface area contributed by atoms with Crippen LogP contribution in [0.2, 0.25) is 0 Å². The molecule has 0 amide bonds. The van der Waals surface area contributed by atoms with Crippen LogP contribution in [-0.2, 0) is 0 Å². The van der Waals surface area contributed by atoms with Crippen molar-refractivity contribution in [3.8, 4) is 0 Å². The average Bonchev–Trinajstić information content (AvgIpc) is 2.28. The fourth-order valence-electron chi connectivity index (χ4n) is 1.78. The Hall–Kier alpha value is -0.480. The van der Waals surface area contributed by atoms with Crippen LogP contribution in [-0.4, -0.2) is 7.05 Å². The number of rotatable bonds is 4. The highest BCUT2D eigenvalue weighted by Crippen LogP contribution is 2.31. The van der Waals surface area contributed by atoms with E-state index >= 15 is 0 Å². The zero-order valence-corrected chi connectivity index (χ0v) is 11.2. The van der Waals surface area contributed by atoms with Gasteiger partial charge >= 0.3 is 0 Å². The maximum atomic E-state index is 13.9. The Kier molecular flexibility index (Phi) is 4.87. The van der Waals surface area contributed by atoms with E-state index in [-0.39, 0.29) is 17.5 Å². The Labute approximate surface area is 103 Å². The van der Waals surface area contributed by atoms with Gasteiger partial charge in [-0.05, 0) is 41.0 Å². The molecule has 0 aromatic heterocycles. The summed E-state index contributed by atoms with van der Waals surface area (Å²) in [6.45, 7) is 3.98. The van der Waals surface area contributed by atoms with Gasteiger partial charge in [-0.25, -0.2) is 8.78 Å². The van der Waals surface area contributed by atoms with Gasteiger partial charge in [-0.15, -0.1) is 0 Å². The number of hydrogen-bond donors (Lipinski definition) is 1. The molecule has 0 spiro atoms. The van der Waals surface area contributed by atoms with Gasteiger partial charge in [0.2, 0.25) is 0 Å². The molecule has 0 fully saturated rings. The highest BCUT2D eigenvalue weighted by Gasteiger charge is 2.24. The quantitative estimate of drug-likeness (QED) is 0.826. The first-order valence-corrected chi connectivity index (χ1v) is 6.12. The fourth-order valence-corrected chi connectivity index (χ4v) is 2.12. The highest BCUT2D eigenvalue weighted by molar-refractivity contribution is 9.10. The van der Waals surface area contributed by atoms with Crippen LogP contribution in [0.25, 0.3) is 0 Å². The lowest BCUT2D eigenvalue weighted by molar-refractivity contribution is 0.371. The minimum absolute atomic E-state index is 0.117. The van der Waals surface area contributed by atoms with Crippen molar-refractivity contribution in [2.24, 2.45) is 5.92 Å². The monoisotopic (exact) mass is 291 g/mol. The van der Waals surface area contributed by atoms with Gasteiger partial charge in [0.15, 0.2) is 0 Å². The van der Waals surface area contributed by atoms with Crippen LogP contribution in [0.3, 0.4) is 0 Å². The van der Waals surface area contributed by atoms with Gasteiger partial charge < -0.3 is 5.32 Å². The van der Waals surface area contributed by atoms with Gasteiger partial charge in [0.25, 0.3) is 0 Å². The Bertz CT molecular complexity index is 368. The third kappa shape index (κ3) is 2.61. The maximum Gasteiger partial charge on any atom is 0.145 e. The fraction of sp³-hybridized carbons (Fsp3) is 0.500. The van der Waals surface area contributed by atoms with Crippen molar-refractivity contribution in [1.82, 2.24) is 5.32 Å². The first-order valence-electron chi connectivity index (χ1n) is 5.33. The molecule has 4 heteroatoms. The molecule has 2 unspecified atom stereocenters. The van der Waals surface area contributed by atoms with E-state index in [9.17, 15) is 8.78 Å². The molecular formula is C12H16BrF2N. The van der Waals surface area contributed by atoms with Crippen LogP contribution in [0, 0.1) is 17.6 Å². The summed E-state index contributed by atoms with van der Waals surface area (Å²) in [7, 11) is 1.72. The summed E-state index contributed by atoms with van der Waals surface area (Å²) < 4.78 is 27.8. The summed E-state index contributed by atoms with van der Waals surface area (Å²) in [4.78, 5) is 0. The number of nitrogens with one attached hydrogen (secondary N) is 1. The molecular weight excluding hydrogens is 276 g/mol. The van der Waals surface area contributed by atoms with Crippen LogP contribution in [0.1, 0.15) is 31.9 Å². The lowest BCUT2D eigenvalue weighted by atomic mass is 9.92. The van der Waals surface area contributed by atoms with Crippen molar-refractivity contribution in [2.75, 3.05) is 7.05 Å². The summed E-state index contributed by atoms with van der Waals surface area (Å²) in [5, 5.41) is 2.98. The largest absolute Gasteiger partial charge is 0.313 e. The molecule has 0 heterocycles. The molecule has 0 saturated carbocycles. The minimum Gasteiger partial charge on any atom is -0.313 e. The van der Waals surface area contributed by atoms with Crippen LogP contribution in [0.4, 0.5) is 8.78 Å². The summed E-state index contributed by atoms with van der Waals surface area (Å²) in [6.07, 6.45) is 0.858. The molecule has 0 aliphatic heterocycles. The molecule has 0 saturated heterocycles. The van der Waals surface area contributed by atoms with E-state index in [1.807, 2.05) is 13.8 Å². The van der Waals surface area contributed by atoms with E-state index in [0.29, 0.717) is 4.47 Å². The Balaban J connectivity index is 3.23. The lowest BCUT2D eigenvalue weighted by Crippen LogP contribution is -2.25. The molecule has 1 aromatic carbocycles. The second kappa shape index (κ2) is 5.73. The van der Waals surface area contributed by atoms with Gasteiger partial charge in [0, 0.05) is 11.6 Å². The summed E-state index contributed by atoms with van der Waals surface area (Å²) in [6, 6.07) is 2.37. The van der Waals surface area contributed by atoms with Crippen LogP contribution < -0.4 is 5.32 Å². The van der Waals surface area contributed by atoms with E-state index in [1.165, 1.54) is 12.1 Å². The molecule has 0 radical (unpaired) electrons. The molecule has 0 aliphatic rings. The SMILES string of the molecule is CCC(C)C(NC)c1c(F)ccc(Br)c1F. The molecule has 1 N–H and O–H groups in total. The topological polar surface area (TPSA) is 12.0 Å². The minimum atomic E-state index is -0.514. The van der Waals surface area contributed by atoms with E-state index in [1.54, 1.807) is 7.05 Å². The lowest BCUT2D eigenvalue weighted by Gasteiger charge is -2.24. The van der Waals surface area contributed by atoms with Crippen molar-refractivity contribution < 1.29 is 8.78 Å². The molecule has 2 atom stereocenters. The van der Waals surface area contributed by atoms with Crippen LogP contribution >= 0.6 is 15.9 Å². The van der Waals surface area contributed by atoms with Gasteiger partial charge in [0.1, 0.15) is 11.6 Å². The number of benzene rings is 1. The Morgan fingerprint density at radius 2 is 2.00 bits per heavy atom. The van der Waals surface area contributed by atoms with E-state index < -0.39 is 11.6 Å². The van der Waals surface area contributed by atoms with Crippen molar-refractivity contribution in [2.45, 2.75) is 26.3 Å². The number of halogens is 3. The van der Waals surface area contributed by atoms with E-state index in [0.717, 1.165) is 6.42 Å². The van der Waals surface area contributed by atoms with Crippen LogP contribution in [0.15, 0.2) is 16.6 Å². The molecule has 0 bridgehead atoms. The van der Waals surface area contributed by atoms with E-state index in [4.69, 9.17) is 0 Å². The smallest absolute Gasteiger partial charge is 0.145 e. The normalized spacial score (nSPS) is 14.9. The van der Waals surface area contributed by atoms with Gasteiger partial charge in [-0.3, -0.25) is 0 Å². The van der Waals surface area contributed by atoms with Crippen molar-refractivity contribution in [3.63, 3.8) is 0 Å². The molecule has 16 heavy (non-hydrogen) atoms. The third-order valence-electron chi connectivity index (χ3n) is 2.91. The zero-order valence-electron chi connectivity index (χ0n) is 9.65. The predicted molar refractivity (Wildman–Crippen MR) is 65.3 cm³/mol. The van der Waals surface area contributed by atoms with Gasteiger partial charge in [-0.1, -0.05) is 20.3 Å². The maximum absolute atomic E-state index is 13.9. The average molecular weight is 292 g/mol. The van der Waals surface area contributed by atoms with E-state index in [2.05, 4.69) is 21.2 Å². The summed E-state index contributed by atoms with van der Waals surface area (Å²) in [5.41, 5.74) is 0.117. The van der Waals surface area contributed by atoms with Crippen molar-refractivity contribution in [3.05, 3.63) is 33.8 Å². The first-order chi connectivity index (χ1) is 7.52. The van der Waals surface area contributed by atoms with Crippen LogP contribution in [0.5, 0.6) is 0 Å². The summed E-state index contributed by atoms with van der Waals surface area (Å²) >= 11 is 3.08. The second-order valence-electron chi connectivity index (χ2n) is 3.91.